The highest BCUT2D eigenvalue weighted by molar-refractivity contribution is 9.10. The molecule has 0 bridgehead atoms. The van der Waals surface area contributed by atoms with Crippen LogP contribution in [0.5, 0.6) is 0 Å². The summed E-state index contributed by atoms with van der Waals surface area (Å²) in [6.45, 7) is 6.63. The van der Waals surface area contributed by atoms with Gasteiger partial charge in [-0.25, -0.2) is 0 Å². The number of hydrogen-bond donors (Lipinski definition) is 1. The van der Waals surface area contributed by atoms with Crippen molar-refractivity contribution in [3.05, 3.63) is 34.3 Å². The van der Waals surface area contributed by atoms with Crippen molar-refractivity contribution in [1.29, 1.82) is 0 Å². The van der Waals surface area contributed by atoms with Crippen LogP contribution in [0.1, 0.15) is 38.2 Å². The highest BCUT2D eigenvalue weighted by atomic mass is 79.9. The van der Waals surface area contributed by atoms with Crippen molar-refractivity contribution in [3.63, 3.8) is 0 Å². The van der Waals surface area contributed by atoms with Crippen LogP contribution in [-0.4, -0.2) is 31.6 Å². The summed E-state index contributed by atoms with van der Waals surface area (Å²) >= 11 is 3.61. The van der Waals surface area contributed by atoms with Crippen LogP contribution in [0.15, 0.2) is 28.7 Å². The standard InChI is InChI=1S/C16H27BrN2/c1-3-18-12-8-4-5-9-13-19(2)14-15-10-6-7-11-16(15)17/h6-7,10-11,18H,3-5,8-9,12-14H2,1-2H3. The molecule has 0 atom stereocenters. The van der Waals surface area contributed by atoms with Gasteiger partial charge in [0.2, 0.25) is 0 Å². The van der Waals surface area contributed by atoms with Crippen molar-refractivity contribution >= 4 is 15.9 Å². The highest BCUT2D eigenvalue weighted by Gasteiger charge is 2.03. The van der Waals surface area contributed by atoms with Crippen LogP contribution < -0.4 is 5.32 Å². The lowest BCUT2D eigenvalue weighted by Gasteiger charge is -2.17. The van der Waals surface area contributed by atoms with Crippen LogP contribution in [-0.2, 0) is 6.54 Å². The van der Waals surface area contributed by atoms with E-state index in [0.29, 0.717) is 0 Å². The second kappa shape index (κ2) is 10.4. The predicted molar refractivity (Wildman–Crippen MR) is 87.5 cm³/mol. The average Bonchev–Trinajstić information content (AvgIpc) is 2.40. The fourth-order valence-electron chi connectivity index (χ4n) is 2.16. The predicted octanol–water partition coefficient (Wildman–Crippen LogP) is 4.05. The number of rotatable bonds is 10. The number of nitrogens with one attached hydrogen (secondary N) is 1. The van der Waals surface area contributed by atoms with E-state index in [-0.39, 0.29) is 0 Å². The molecule has 0 aliphatic carbocycles. The van der Waals surface area contributed by atoms with E-state index < -0.39 is 0 Å². The van der Waals surface area contributed by atoms with Gasteiger partial charge in [0.1, 0.15) is 0 Å². The van der Waals surface area contributed by atoms with Gasteiger partial charge in [-0.1, -0.05) is 53.9 Å². The number of nitrogens with zero attached hydrogens (tertiary/aromatic N) is 1. The van der Waals surface area contributed by atoms with Crippen LogP contribution in [0.2, 0.25) is 0 Å². The lowest BCUT2D eigenvalue weighted by molar-refractivity contribution is 0.316. The van der Waals surface area contributed by atoms with Crippen molar-refractivity contribution in [3.8, 4) is 0 Å². The van der Waals surface area contributed by atoms with Crippen molar-refractivity contribution in [2.24, 2.45) is 0 Å². The van der Waals surface area contributed by atoms with E-state index in [4.69, 9.17) is 0 Å². The first kappa shape index (κ1) is 16.7. The molecule has 0 heterocycles. The Balaban J connectivity index is 2.08. The molecule has 0 saturated heterocycles. The Morgan fingerprint density at radius 2 is 1.84 bits per heavy atom. The quantitative estimate of drug-likeness (QED) is 0.652. The maximum absolute atomic E-state index is 3.61. The molecular weight excluding hydrogens is 300 g/mol. The van der Waals surface area contributed by atoms with Gasteiger partial charge in [-0.05, 0) is 51.2 Å². The van der Waals surface area contributed by atoms with E-state index in [1.54, 1.807) is 0 Å². The third-order valence-corrected chi connectivity index (χ3v) is 4.07. The molecule has 0 amide bonds. The summed E-state index contributed by atoms with van der Waals surface area (Å²) in [4.78, 5) is 2.41. The highest BCUT2D eigenvalue weighted by Crippen LogP contribution is 2.17. The first-order chi connectivity index (χ1) is 9.24. The molecule has 1 aromatic carbocycles. The molecule has 1 aromatic rings. The normalized spacial score (nSPS) is 11.2. The van der Waals surface area contributed by atoms with Crippen LogP contribution in [0.25, 0.3) is 0 Å². The minimum absolute atomic E-state index is 1.03. The molecule has 0 fully saturated rings. The van der Waals surface area contributed by atoms with E-state index in [2.05, 4.69) is 64.4 Å². The molecule has 0 unspecified atom stereocenters. The minimum atomic E-state index is 1.03. The zero-order valence-electron chi connectivity index (χ0n) is 12.3. The van der Waals surface area contributed by atoms with Crippen LogP contribution in [0.3, 0.4) is 0 Å². The molecule has 2 nitrogen and oxygen atoms in total. The summed E-state index contributed by atoms with van der Waals surface area (Å²) in [5.41, 5.74) is 1.37. The maximum atomic E-state index is 3.61. The number of benzene rings is 1. The Kier molecular flexibility index (Phi) is 9.14. The van der Waals surface area contributed by atoms with E-state index >= 15 is 0 Å². The topological polar surface area (TPSA) is 15.3 Å². The van der Waals surface area contributed by atoms with Crippen molar-refractivity contribution in [2.75, 3.05) is 26.7 Å². The number of unbranched alkanes of at least 4 members (excludes halogenated alkanes) is 3. The summed E-state index contributed by atoms with van der Waals surface area (Å²) in [6.07, 6.45) is 5.29. The molecule has 19 heavy (non-hydrogen) atoms. The van der Waals surface area contributed by atoms with Gasteiger partial charge in [0.15, 0.2) is 0 Å². The fourth-order valence-corrected chi connectivity index (χ4v) is 2.57. The monoisotopic (exact) mass is 326 g/mol. The molecule has 0 aromatic heterocycles. The second-order valence-electron chi connectivity index (χ2n) is 5.10. The second-order valence-corrected chi connectivity index (χ2v) is 5.95. The summed E-state index contributed by atoms with van der Waals surface area (Å²) in [5.74, 6) is 0. The molecule has 1 rings (SSSR count). The largest absolute Gasteiger partial charge is 0.317 e. The van der Waals surface area contributed by atoms with Gasteiger partial charge in [0, 0.05) is 11.0 Å². The molecule has 0 aliphatic rings. The molecule has 0 radical (unpaired) electrons. The first-order valence-electron chi connectivity index (χ1n) is 7.36. The van der Waals surface area contributed by atoms with Gasteiger partial charge >= 0.3 is 0 Å². The Hall–Kier alpha value is -0.380. The number of halogens is 1. The Morgan fingerprint density at radius 1 is 1.11 bits per heavy atom. The Labute approximate surface area is 126 Å². The van der Waals surface area contributed by atoms with Gasteiger partial charge in [-0.15, -0.1) is 0 Å². The van der Waals surface area contributed by atoms with Gasteiger partial charge in [-0.2, -0.15) is 0 Å². The third kappa shape index (κ3) is 7.71. The summed E-state index contributed by atoms with van der Waals surface area (Å²) in [6, 6.07) is 8.48. The van der Waals surface area contributed by atoms with E-state index in [1.165, 1.54) is 48.8 Å². The molecule has 0 aliphatic heterocycles. The molecule has 1 N–H and O–H groups in total. The van der Waals surface area contributed by atoms with Crippen molar-refractivity contribution < 1.29 is 0 Å². The zero-order chi connectivity index (χ0) is 13.9. The number of hydrogen-bond acceptors (Lipinski definition) is 2. The molecule has 108 valence electrons. The minimum Gasteiger partial charge on any atom is -0.317 e. The third-order valence-electron chi connectivity index (χ3n) is 3.29. The lowest BCUT2D eigenvalue weighted by Crippen LogP contribution is -2.19. The van der Waals surface area contributed by atoms with E-state index in [0.717, 1.165) is 13.1 Å². The lowest BCUT2D eigenvalue weighted by atomic mass is 10.1. The SMILES string of the molecule is CCNCCCCCCN(C)Cc1ccccc1Br. The summed E-state index contributed by atoms with van der Waals surface area (Å²) in [7, 11) is 2.21. The van der Waals surface area contributed by atoms with Crippen molar-refractivity contribution in [1.82, 2.24) is 10.2 Å². The fraction of sp³-hybridized carbons (Fsp3) is 0.625. The van der Waals surface area contributed by atoms with E-state index in [1.807, 2.05) is 0 Å². The zero-order valence-corrected chi connectivity index (χ0v) is 13.9. The molecule has 0 spiro atoms. The van der Waals surface area contributed by atoms with Crippen LogP contribution in [0.4, 0.5) is 0 Å². The van der Waals surface area contributed by atoms with Gasteiger partial charge in [-0.3, -0.25) is 0 Å². The summed E-state index contributed by atoms with van der Waals surface area (Å²) < 4.78 is 1.22. The molecule has 0 saturated carbocycles. The van der Waals surface area contributed by atoms with Gasteiger partial charge in [0.05, 0.1) is 0 Å². The van der Waals surface area contributed by atoms with Gasteiger partial charge in [0.25, 0.3) is 0 Å². The Morgan fingerprint density at radius 3 is 2.58 bits per heavy atom. The van der Waals surface area contributed by atoms with Gasteiger partial charge < -0.3 is 10.2 Å². The maximum Gasteiger partial charge on any atom is 0.0241 e. The van der Waals surface area contributed by atoms with Crippen LogP contribution in [0, 0.1) is 0 Å². The molecule has 3 heteroatoms. The Bertz CT molecular complexity index is 341. The summed E-state index contributed by atoms with van der Waals surface area (Å²) in [5, 5.41) is 3.37. The first-order valence-corrected chi connectivity index (χ1v) is 8.16. The van der Waals surface area contributed by atoms with Crippen molar-refractivity contribution in [2.45, 2.75) is 39.2 Å². The molecular formula is C16H27BrN2. The van der Waals surface area contributed by atoms with E-state index in [9.17, 15) is 0 Å². The van der Waals surface area contributed by atoms with Crippen LogP contribution >= 0.6 is 15.9 Å². The smallest absolute Gasteiger partial charge is 0.0241 e. The average molecular weight is 327 g/mol.